The van der Waals surface area contributed by atoms with Crippen LogP contribution >= 0.6 is 0 Å². The Hall–Kier alpha value is -1.76. The van der Waals surface area contributed by atoms with E-state index in [2.05, 4.69) is 10.5 Å². The quantitative estimate of drug-likeness (QED) is 0.887. The molecular formula is C13H21N3O4. The molecule has 1 N–H and O–H groups in total. The number of ether oxygens (including phenoxy) is 2. The van der Waals surface area contributed by atoms with E-state index in [0.29, 0.717) is 31.3 Å². The van der Waals surface area contributed by atoms with Crippen LogP contribution in [-0.4, -0.2) is 48.5 Å². The zero-order valence-corrected chi connectivity index (χ0v) is 12.3. The maximum atomic E-state index is 12.1. The summed E-state index contributed by atoms with van der Waals surface area (Å²) in [5, 5.41) is 7.05. The van der Waals surface area contributed by atoms with Gasteiger partial charge in [-0.3, -0.25) is 0 Å². The Kier molecular flexibility index (Phi) is 4.17. The number of aromatic nitrogens is 1. The van der Waals surface area contributed by atoms with Gasteiger partial charge in [-0.15, -0.1) is 0 Å². The minimum Gasteiger partial charge on any atom is -0.479 e. The van der Waals surface area contributed by atoms with E-state index in [1.165, 1.54) is 7.11 Å². The summed E-state index contributed by atoms with van der Waals surface area (Å²) in [6, 6.07) is 1.61. The largest absolute Gasteiger partial charge is 0.479 e. The van der Waals surface area contributed by atoms with Gasteiger partial charge in [0.2, 0.25) is 0 Å². The first-order valence-electron chi connectivity index (χ1n) is 6.61. The van der Waals surface area contributed by atoms with Crippen LogP contribution in [0.2, 0.25) is 0 Å². The van der Waals surface area contributed by atoms with Gasteiger partial charge in [-0.1, -0.05) is 0 Å². The molecule has 1 aromatic rings. The number of hydrogen-bond acceptors (Lipinski definition) is 6. The summed E-state index contributed by atoms with van der Waals surface area (Å²) < 4.78 is 15.6. The highest BCUT2D eigenvalue weighted by Gasteiger charge is 2.30. The summed E-state index contributed by atoms with van der Waals surface area (Å²) in [4.78, 5) is 13.7. The Bertz CT molecular complexity index is 466. The summed E-state index contributed by atoms with van der Waals surface area (Å²) in [5.74, 6) is 1.08. The van der Waals surface area contributed by atoms with Crippen LogP contribution in [0.5, 0.6) is 5.88 Å². The van der Waals surface area contributed by atoms with Gasteiger partial charge in [0.05, 0.1) is 13.2 Å². The lowest BCUT2D eigenvalue weighted by atomic mass is 10.1. The van der Waals surface area contributed by atoms with Crippen molar-refractivity contribution in [3.63, 3.8) is 0 Å². The van der Waals surface area contributed by atoms with Crippen molar-refractivity contribution in [1.29, 1.82) is 0 Å². The van der Waals surface area contributed by atoms with Crippen molar-refractivity contribution >= 4 is 6.09 Å². The average Bonchev–Trinajstić information content (AvgIpc) is 2.85. The monoisotopic (exact) mass is 283 g/mol. The van der Waals surface area contributed by atoms with Crippen molar-refractivity contribution in [2.45, 2.75) is 32.4 Å². The van der Waals surface area contributed by atoms with Crippen LogP contribution in [-0.2, 0) is 4.74 Å². The second kappa shape index (κ2) is 5.70. The molecule has 0 bridgehead atoms. The zero-order chi connectivity index (χ0) is 14.8. The topological polar surface area (TPSA) is 76.8 Å². The molecule has 7 nitrogen and oxygen atoms in total. The number of piperazine rings is 1. The van der Waals surface area contributed by atoms with E-state index >= 15 is 0 Å². The summed E-state index contributed by atoms with van der Waals surface area (Å²) in [5.41, 5.74) is -0.493. The lowest BCUT2D eigenvalue weighted by Gasteiger charge is -2.33. The molecule has 7 heteroatoms. The third-order valence-electron chi connectivity index (χ3n) is 2.89. The molecule has 2 rings (SSSR count). The molecule has 0 radical (unpaired) electrons. The van der Waals surface area contributed by atoms with E-state index in [-0.39, 0.29) is 12.1 Å². The van der Waals surface area contributed by atoms with Crippen LogP contribution in [0.15, 0.2) is 10.6 Å². The van der Waals surface area contributed by atoms with Crippen molar-refractivity contribution in [3.05, 3.63) is 11.8 Å². The number of hydrogen-bond donors (Lipinski definition) is 1. The summed E-state index contributed by atoms with van der Waals surface area (Å²) in [6.07, 6.45) is -0.310. The molecular weight excluding hydrogens is 262 g/mol. The van der Waals surface area contributed by atoms with Gasteiger partial charge in [0, 0.05) is 25.7 Å². The average molecular weight is 283 g/mol. The van der Waals surface area contributed by atoms with Gasteiger partial charge < -0.3 is 24.2 Å². The second-order valence-electron chi connectivity index (χ2n) is 5.70. The second-order valence-corrected chi connectivity index (χ2v) is 5.70. The van der Waals surface area contributed by atoms with E-state index in [9.17, 15) is 4.79 Å². The molecule has 2 heterocycles. The Balaban J connectivity index is 1.99. The van der Waals surface area contributed by atoms with Crippen molar-refractivity contribution < 1.29 is 18.8 Å². The lowest BCUT2D eigenvalue weighted by Crippen LogP contribution is -2.49. The Morgan fingerprint density at radius 2 is 2.30 bits per heavy atom. The third-order valence-corrected chi connectivity index (χ3v) is 2.89. The first-order chi connectivity index (χ1) is 9.39. The number of methoxy groups -OCH3 is 1. The Morgan fingerprint density at radius 1 is 1.55 bits per heavy atom. The molecule has 0 saturated carbocycles. The number of carbonyl (C=O) groups is 1. The molecule has 1 unspecified atom stereocenters. The van der Waals surface area contributed by atoms with Crippen LogP contribution in [0.3, 0.4) is 0 Å². The van der Waals surface area contributed by atoms with Crippen molar-refractivity contribution in [2.75, 3.05) is 26.7 Å². The molecule has 1 amide bonds. The number of carbonyl (C=O) groups excluding carboxylic acids is 1. The highest BCUT2D eigenvalue weighted by Crippen LogP contribution is 2.22. The molecule has 1 aliphatic rings. The SMILES string of the molecule is COc1cc(C2CN(C(=O)OC(C)(C)C)CCN2)on1. The fourth-order valence-electron chi connectivity index (χ4n) is 1.97. The summed E-state index contributed by atoms with van der Waals surface area (Å²) in [7, 11) is 1.53. The lowest BCUT2D eigenvalue weighted by molar-refractivity contribution is 0.0186. The van der Waals surface area contributed by atoms with Crippen LogP contribution in [0.25, 0.3) is 0 Å². The molecule has 1 aliphatic heterocycles. The fourth-order valence-corrected chi connectivity index (χ4v) is 1.97. The molecule has 1 fully saturated rings. The van der Waals surface area contributed by atoms with Gasteiger partial charge in [0.15, 0.2) is 5.76 Å². The highest BCUT2D eigenvalue weighted by atomic mass is 16.6. The highest BCUT2D eigenvalue weighted by molar-refractivity contribution is 5.68. The number of nitrogens with zero attached hydrogens (tertiary/aromatic N) is 2. The van der Waals surface area contributed by atoms with Crippen LogP contribution in [0, 0.1) is 0 Å². The van der Waals surface area contributed by atoms with Gasteiger partial charge in [-0.05, 0) is 25.9 Å². The van der Waals surface area contributed by atoms with Crippen molar-refractivity contribution in [3.8, 4) is 5.88 Å². The van der Waals surface area contributed by atoms with Gasteiger partial charge >= 0.3 is 6.09 Å². The molecule has 20 heavy (non-hydrogen) atoms. The molecule has 0 spiro atoms. The molecule has 1 atom stereocenters. The van der Waals surface area contributed by atoms with E-state index in [1.807, 2.05) is 20.8 Å². The molecule has 1 aromatic heterocycles. The van der Waals surface area contributed by atoms with Gasteiger partial charge in [0.25, 0.3) is 5.88 Å². The van der Waals surface area contributed by atoms with Crippen molar-refractivity contribution in [1.82, 2.24) is 15.4 Å². The number of nitrogens with one attached hydrogen (secondary N) is 1. The van der Waals surface area contributed by atoms with Crippen LogP contribution < -0.4 is 10.1 Å². The minimum absolute atomic E-state index is 0.104. The molecule has 1 saturated heterocycles. The van der Waals surface area contributed by atoms with Gasteiger partial charge in [0.1, 0.15) is 5.60 Å². The molecule has 112 valence electrons. The minimum atomic E-state index is -0.493. The number of amides is 1. The smallest absolute Gasteiger partial charge is 0.410 e. The first-order valence-corrected chi connectivity index (χ1v) is 6.61. The van der Waals surface area contributed by atoms with Gasteiger partial charge in [-0.25, -0.2) is 4.79 Å². The summed E-state index contributed by atoms with van der Waals surface area (Å²) >= 11 is 0. The fraction of sp³-hybridized carbons (Fsp3) is 0.692. The summed E-state index contributed by atoms with van der Waals surface area (Å²) in [6.45, 7) is 7.32. The zero-order valence-electron chi connectivity index (χ0n) is 12.3. The Labute approximate surface area is 118 Å². The van der Waals surface area contributed by atoms with E-state index in [4.69, 9.17) is 14.0 Å². The van der Waals surface area contributed by atoms with Crippen molar-refractivity contribution in [2.24, 2.45) is 0 Å². The van der Waals surface area contributed by atoms with Crippen LogP contribution in [0.1, 0.15) is 32.6 Å². The maximum absolute atomic E-state index is 12.1. The normalized spacial score (nSPS) is 19.8. The molecule has 0 aromatic carbocycles. The van der Waals surface area contributed by atoms with E-state index in [0.717, 1.165) is 0 Å². The molecule has 0 aliphatic carbocycles. The van der Waals surface area contributed by atoms with E-state index < -0.39 is 5.60 Å². The third kappa shape index (κ3) is 3.63. The van der Waals surface area contributed by atoms with Gasteiger partial charge in [-0.2, -0.15) is 0 Å². The first kappa shape index (κ1) is 14.6. The predicted molar refractivity (Wildman–Crippen MR) is 71.6 cm³/mol. The predicted octanol–water partition coefficient (Wildman–Crippen LogP) is 1.56. The standard InChI is InChI=1S/C13H21N3O4/c1-13(2,3)19-12(17)16-6-5-14-9(8-16)10-7-11(18-4)15-20-10/h7,9,14H,5-6,8H2,1-4H3. The number of rotatable bonds is 2. The maximum Gasteiger partial charge on any atom is 0.410 e. The Morgan fingerprint density at radius 3 is 2.90 bits per heavy atom. The van der Waals surface area contributed by atoms with E-state index in [1.54, 1.807) is 11.0 Å². The van der Waals surface area contributed by atoms with Crippen LogP contribution in [0.4, 0.5) is 4.79 Å².